The van der Waals surface area contributed by atoms with E-state index in [2.05, 4.69) is 4.98 Å². The molecule has 0 aliphatic rings. The second-order valence-corrected chi connectivity index (χ2v) is 5.12. The first-order valence-corrected chi connectivity index (χ1v) is 6.88. The highest BCUT2D eigenvalue weighted by Crippen LogP contribution is 2.33. The summed E-state index contributed by atoms with van der Waals surface area (Å²) in [7, 11) is 0. The highest BCUT2D eigenvalue weighted by Gasteiger charge is 2.30. The first-order chi connectivity index (χ1) is 10.9. The molecule has 1 heterocycles. The molecule has 0 amide bonds. The number of nitrogens with zero attached hydrogens (tertiary/aromatic N) is 1. The van der Waals surface area contributed by atoms with Crippen molar-refractivity contribution in [3.63, 3.8) is 0 Å². The van der Waals surface area contributed by atoms with Crippen LogP contribution in [-0.4, -0.2) is 11.0 Å². The van der Waals surface area contributed by atoms with Crippen molar-refractivity contribution in [3.05, 3.63) is 53.6 Å². The van der Waals surface area contributed by atoms with E-state index in [1.807, 2.05) is 0 Å². The third kappa shape index (κ3) is 2.97. The molecule has 3 aromatic rings. The van der Waals surface area contributed by atoms with Crippen LogP contribution in [0, 0.1) is 0 Å². The van der Waals surface area contributed by atoms with Gasteiger partial charge in [-0.25, -0.2) is 4.98 Å². The summed E-state index contributed by atoms with van der Waals surface area (Å²) in [5.74, 6) is -0.453. The van der Waals surface area contributed by atoms with Gasteiger partial charge in [-0.3, -0.25) is 4.79 Å². The molecule has 3 nitrogen and oxygen atoms in total. The normalized spacial score (nSPS) is 11.8. The van der Waals surface area contributed by atoms with Crippen LogP contribution in [-0.2, 0) is 22.3 Å². The van der Waals surface area contributed by atoms with Crippen molar-refractivity contribution in [1.29, 1.82) is 0 Å². The zero-order valence-electron chi connectivity index (χ0n) is 12.1. The zero-order chi connectivity index (χ0) is 16.6. The predicted octanol–water partition coefficient (Wildman–Crippen LogP) is 4.47. The van der Waals surface area contributed by atoms with Gasteiger partial charge in [0.1, 0.15) is 6.61 Å². The molecule has 2 aromatic carbocycles. The number of ether oxygens (including phenoxy) is 1. The maximum absolute atomic E-state index is 12.9. The van der Waals surface area contributed by atoms with Crippen molar-refractivity contribution < 1.29 is 22.7 Å². The second-order valence-electron chi connectivity index (χ2n) is 5.12. The summed E-state index contributed by atoms with van der Waals surface area (Å²) in [6.45, 7) is 1.27. The first kappa shape index (κ1) is 15.3. The summed E-state index contributed by atoms with van der Waals surface area (Å²) < 4.78 is 43.7. The van der Waals surface area contributed by atoms with Crippen LogP contribution in [0.2, 0.25) is 0 Å². The minimum atomic E-state index is -4.43. The molecule has 0 unspecified atom stereocenters. The lowest BCUT2D eigenvalue weighted by atomic mass is 10.0. The van der Waals surface area contributed by atoms with Gasteiger partial charge in [0.05, 0.1) is 16.6 Å². The Balaban J connectivity index is 2.27. The lowest BCUT2D eigenvalue weighted by Gasteiger charge is -2.13. The maximum atomic E-state index is 12.9. The lowest BCUT2D eigenvalue weighted by Crippen LogP contribution is -2.06. The van der Waals surface area contributed by atoms with E-state index in [1.165, 1.54) is 13.0 Å². The number of carbonyl (C=O) groups excluding carboxylic acids is 1. The Bertz CT molecular complexity index is 903. The summed E-state index contributed by atoms with van der Waals surface area (Å²) in [4.78, 5) is 15.4. The van der Waals surface area contributed by atoms with Gasteiger partial charge in [0.15, 0.2) is 0 Å². The number of alkyl halides is 3. The topological polar surface area (TPSA) is 39.2 Å². The van der Waals surface area contributed by atoms with Crippen molar-refractivity contribution in [3.8, 4) is 0 Å². The van der Waals surface area contributed by atoms with Gasteiger partial charge in [-0.15, -0.1) is 0 Å². The average Bonchev–Trinajstić information content (AvgIpc) is 2.49. The number of benzene rings is 2. The number of carbonyl (C=O) groups is 1. The standard InChI is InChI=1S/C17H12F3NO2/c1-10(22)23-9-14-12-4-2-3-5-15(12)21-16-8-11(17(18,19)20)6-7-13(14)16/h2-8H,9H2,1H3. The molecule has 0 bridgehead atoms. The van der Waals surface area contributed by atoms with Gasteiger partial charge in [0, 0.05) is 23.3 Å². The molecule has 0 aliphatic heterocycles. The van der Waals surface area contributed by atoms with E-state index < -0.39 is 17.7 Å². The van der Waals surface area contributed by atoms with Gasteiger partial charge in [0.2, 0.25) is 0 Å². The molecule has 0 saturated carbocycles. The van der Waals surface area contributed by atoms with Crippen LogP contribution in [0.1, 0.15) is 18.1 Å². The number of halogens is 3. The van der Waals surface area contributed by atoms with E-state index in [9.17, 15) is 18.0 Å². The minimum Gasteiger partial charge on any atom is -0.461 e. The Labute approximate surface area is 129 Å². The first-order valence-electron chi connectivity index (χ1n) is 6.88. The molecule has 0 spiro atoms. The third-order valence-corrected chi connectivity index (χ3v) is 3.54. The van der Waals surface area contributed by atoms with Crippen LogP contribution < -0.4 is 0 Å². The molecule has 6 heteroatoms. The van der Waals surface area contributed by atoms with Gasteiger partial charge in [-0.05, 0) is 18.2 Å². The Morgan fingerprint density at radius 1 is 1.09 bits per heavy atom. The fourth-order valence-electron chi connectivity index (χ4n) is 2.49. The number of pyridine rings is 1. The number of hydrogen-bond donors (Lipinski definition) is 0. The van der Waals surface area contributed by atoms with Crippen LogP contribution in [0.4, 0.5) is 13.2 Å². The number of hydrogen-bond acceptors (Lipinski definition) is 3. The van der Waals surface area contributed by atoms with Crippen LogP contribution in [0.3, 0.4) is 0 Å². The van der Waals surface area contributed by atoms with E-state index in [0.717, 1.165) is 17.5 Å². The Kier molecular flexibility index (Phi) is 3.67. The fraction of sp³-hybridized carbons (Fsp3) is 0.176. The molecule has 118 valence electrons. The van der Waals surface area contributed by atoms with Gasteiger partial charge in [-0.1, -0.05) is 24.3 Å². The molecule has 0 fully saturated rings. The van der Waals surface area contributed by atoms with E-state index >= 15 is 0 Å². The number of para-hydroxylation sites is 1. The summed E-state index contributed by atoms with van der Waals surface area (Å²) in [6.07, 6.45) is -4.43. The second kappa shape index (κ2) is 5.53. The lowest BCUT2D eigenvalue weighted by molar-refractivity contribution is -0.142. The Morgan fingerprint density at radius 3 is 2.48 bits per heavy atom. The molecular formula is C17H12F3NO2. The van der Waals surface area contributed by atoms with E-state index in [0.29, 0.717) is 16.5 Å². The predicted molar refractivity (Wildman–Crippen MR) is 79.7 cm³/mol. The summed E-state index contributed by atoms with van der Waals surface area (Å²) in [5.41, 5.74) is 0.669. The van der Waals surface area contributed by atoms with Crippen molar-refractivity contribution in [2.45, 2.75) is 19.7 Å². The van der Waals surface area contributed by atoms with Crippen LogP contribution in [0.25, 0.3) is 21.8 Å². The third-order valence-electron chi connectivity index (χ3n) is 3.54. The fourth-order valence-corrected chi connectivity index (χ4v) is 2.49. The number of aromatic nitrogens is 1. The van der Waals surface area contributed by atoms with Crippen LogP contribution in [0.15, 0.2) is 42.5 Å². The summed E-state index contributed by atoms with van der Waals surface area (Å²) in [6, 6.07) is 10.5. The van der Waals surface area contributed by atoms with Crippen molar-refractivity contribution >= 4 is 27.8 Å². The van der Waals surface area contributed by atoms with Crippen molar-refractivity contribution in [2.75, 3.05) is 0 Å². The smallest absolute Gasteiger partial charge is 0.416 e. The molecule has 0 atom stereocenters. The largest absolute Gasteiger partial charge is 0.461 e. The van der Waals surface area contributed by atoms with Crippen LogP contribution >= 0.6 is 0 Å². The highest BCUT2D eigenvalue weighted by atomic mass is 19.4. The zero-order valence-corrected chi connectivity index (χ0v) is 12.1. The van der Waals surface area contributed by atoms with Gasteiger partial charge in [-0.2, -0.15) is 13.2 Å². The molecule has 0 N–H and O–H groups in total. The molecule has 1 aromatic heterocycles. The average molecular weight is 319 g/mol. The maximum Gasteiger partial charge on any atom is 0.416 e. The Hall–Kier alpha value is -2.63. The number of esters is 1. The molecule has 23 heavy (non-hydrogen) atoms. The van der Waals surface area contributed by atoms with Gasteiger partial charge in [0.25, 0.3) is 0 Å². The van der Waals surface area contributed by atoms with E-state index in [-0.39, 0.29) is 12.1 Å². The van der Waals surface area contributed by atoms with Crippen LogP contribution in [0.5, 0.6) is 0 Å². The Morgan fingerprint density at radius 2 is 1.78 bits per heavy atom. The molecule has 0 saturated heterocycles. The van der Waals surface area contributed by atoms with Crippen molar-refractivity contribution in [2.24, 2.45) is 0 Å². The van der Waals surface area contributed by atoms with E-state index in [4.69, 9.17) is 4.74 Å². The quantitative estimate of drug-likeness (QED) is 0.517. The molecule has 3 rings (SSSR count). The van der Waals surface area contributed by atoms with E-state index in [1.54, 1.807) is 24.3 Å². The number of fused-ring (bicyclic) bond motifs is 2. The summed E-state index contributed by atoms with van der Waals surface area (Å²) in [5, 5.41) is 1.29. The van der Waals surface area contributed by atoms with Crippen molar-refractivity contribution in [1.82, 2.24) is 4.98 Å². The van der Waals surface area contributed by atoms with Gasteiger partial charge >= 0.3 is 12.1 Å². The summed E-state index contributed by atoms with van der Waals surface area (Å²) >= 11 is 0. The molecular weight excluding hydrogens is 307 g/mol. The monoisotopic (exact) mass is 319 g/mol. The number of rotatable bonds is 2. The van der Waals surface area contributed by atoms with Gasteiger partial charge < -0.3 is 4.74 Å². The highest BCUT2D eigenvalue weighted by molar-refractivity contribution is 5.97. The SMILES string of the molecule is CC(=O)OCc1c2ccccc2nc2cc(C(F)(F)F)ccc12. The molecule has 0 radical (unpaired) electrons. The minimum absolute atomic E-state index is 0.0137. The molecule has 0 aliphatic carbocycles.